The fourth-order valence-corrected chi connectivity index (χ4v) is 2.94. The van der Waals surface area contributed by atoms with Crippen LogP contribution in [0, 0.1) is 0 Å². The predicted octanol–water partition coefficient (Wildman–Crippen LogP) is 4.21. The van der Waals surface area contributed by atoms with Gasteiger partial charge in [-0.05, 0) is 44.4 Å². The number of hydrogen-bond acceptors (Lipinski definition) is 2. The Hall–Kier alpha value is -0.280. The highest BCUT2D eigenvalue weighted by Gasteiger charge is 2.30. The Kier molecular flexibility index (Phi) is 4.91. The van der Waals surface area contributed by atoms with Crippen molar-refractivity contribution in [2.75, 3.05) is 6.61 Å². The minimum atomic E-state index is 0.238. The van der Waals surface area contributed by atoms with E-state index in [1.54, 1.807) is 6.07 Å². The van der Waals surface area contributed by atoms with Crippen LogP contribution in [0.1, 0.15) is 38.3 Å². The molecule has 1 aliphatic carbocycles. The highest BCUT2D eigenvalue weighted by Crippen LogP contribution is 2.30. The van der Waals surface area contributed by atoms with Crippen LogP contribution in [-0.4, -0.2) is 18.8 Å². The maximum Gasteiger partial charge on any atom is 0.0604 e. The van der Waals surface area contributed by atoms with Gasteiger partial charge in [0.25, 0.3) is 0 Å². The molecule has 1 saturated carbocycles. The van der Waals surface area contributed by atoms with Gasteiger partial charge in [-0.2, -0.15) is 0 Å². The number of halogens is 2. The third kappa shape index (κ3) is 3.39. The van der Waals surface area contributed by atoms with Gasteiger partial charge in [0, 0.05) is 28.7 Å². The van der Waals surface area contributed by atoms with Crippen molar-refractivity contribution in [3.63, 3.8) is 0 Å². The molecular formula is C14H19Cl2NO. The van der Waals surface area contributed by atoms with E-state index in [0.717, 1.165) is 30.0 Å². The van der Waals surface area contributed by atoms with E-state index in [-0.39, 0.29) is 6.04 Å². The van der Waals surface area contributed by atoms with Crippen LogP contribution in [0.2, 0.25) is 10.0 Å². The van der Waals surface area contributed by atoms with E-state index in [1.165, 1.54) is 0 Å². The SMILES string of the molecule is CCOC1CC(NC(C)c2ccc(Cl)cc2Cl)C1. The molecule has 0 saturated heterocycles. The highest BCUT2D eigenvalue weighted by molar-refractivity contribution is 6.35. The first-order chi connectivity index (χ1) is 8.60. The maximum absolute atomic E-state index is 6.20. The molecule has 2 nitrogen and oxygen atoms in total. The van der Waals surface area contributed by atoms with E-state index in [4.69, 9.17) is 27.9 Å². The summed E-state index contributed by atoms with van der Waals surface area (Å²) in [5.74, 6) is 0. The molecule has 4 heteroatoms. The third-order valence-electron chi connectivity index (χ3n) is 3.41. The van der Waals surface area contributed by atoms with Crippen LogP contribution in [0.25, 0.3) is 0 Å². The standard InChI is InChI=1S/C14H19Cl2NO/c1-3-18-12-7-11(8-12)17-9(2)13-5-4-10(15)6-14(13)16/h4-6,9,11-12,17H,3,7-8H2,1-2H3. The van der Waals surface area contributed by atoms with Crippen LogP contribution in [-0.2, 0) is 4.74 Å². The first kappa shape index (κ1) is 14.1. The van der Waals surface area contributed by atoms with E-state index in [1.807, 2.05) is 19.1 Å². The van der Waals surface area contributed by atoms with Gasteiger partial charge in [-0.25, -0.2) is 0 Å². The van der Waals surface area contributed by atoms with Gasteiger partial charge < -0.3 is 10.1 Å². The summed E-state index contributed by atoms with van der Waals surface area (Å²) in [6.07, 6.45) is 2.60. The van der Waals surface area contributed by atoms with Crippen LogP contribution in [0.3, 0.4) is 0 Å². The van der Waals surface area contributed by atoms with Crippen LogP contribution in [0.15, 0.2) is 18.2 Å². The second-order valence-corrected chi connectivity index (χ2v) is 5.64. The van der Waals surface area contributed by atoms with Gasteiger partial charge in [0.2, 0.25) is 0 Å². The second-order valence-electron chi connectivity index (χ2n) is 4.80. The summed E-state index contributed by atoms with van der Waals surface area (Å²) < 4.78 is 5.55. The van der Waals surface area contributed by atoms with Crippen molar-refractivity contribution in [2.24, 2.45) is 0 Å². The van der Waals surface area contributed by atoms with Crippen molar-refractivity contribution in [1.82, 2.24) is 5.32 Å². The zero-order chi connectivity index (χ0) is 13.1. The molecular weight excluding hydrogens is 269 g/mol. The Labute approximate surface area is 119 Å². The molecule has 1 aromatic rings. The van der Waals surface area contributed by atoms with Gasteiger partial charge >= 0.3 is 0 Å². The van der Waals surface area contributed by atoms with Crippen LogP contribution in [0.5, 0.6) is 0 Å². The van der Waals surface area contributed by atoms with Gasteiger partial charge in [0.1, 0.15) is 0 Å². The summed E-state index contributed by atoms with van der Waals surface area (Å²) in [5.41, 5.74) is 1.10. The Morgan fingerprint density at radius 2 is 2.11 bits per heavy atom. The number of ether oxygens (including phenoxy) is 1. The zero-order valence-electron chi connectivity index (χ0n) is 10.7. The van der Waals surface area contributed by atoms with E-state index < -0.39 is 0 Å². The lowest BCUT2D eigenvalue weighted by Crippen LogP contribution is -2.46. The molecule has 0 aromatic heterocycles. The zero-order valence-corrected chi connectivity index (χ0v) is 12.3. The monoisotopic (exact) mass is 287 g/mol. The summed E-state index contributed by atoms with van der Waals surface area (Å²) in [4.78, 5) is 0. The van der Waals surface area contributed by atoms with Crippen molar-refractivity contribution < 1.29 is 4.74 Å². The lowest BCUT2D eigenvalue weighted by Gasteiger charge is -2.37. The molecule has 1 aliphatic rings. The molecule has 0 heterocycles. The fourth-order valence-electron chi connectivity index (χ4n) is 2.37. The molecule has 100 valence electrons. The Bertz CT molecular complexity index is 405. The lowest BCUT2D eigenvalue weighted by atomic mass is 9.88. The topological polar surface area (TPSA) is 21.3 Å². The Morgan fingerprint density at radius 3 is 2.72 bits per heavy atom. The first-order valence-electron chi connectivity index (χ1n) is 6.42. The number of rotatable bonds is 5. The van der Waals surface area contributed by atoms with Crippen molar-refractivity contribution in [1.29, 1.82) is 0 Å². The van der Waals surface area contributed by atoms with Crippen LogP contribution >= 0.6 is 23.2 Å². The molecule has 1 atom stereocenters. The summed E-state index contributed by atoms with van der Waals surface area (Å²) in [6.45, 7) is 4.97. The van der Waals surface area contributed by atoms with Crippen molar-refractivity contribution in [3.05, 3.63) is 33.8 Å². The van der Waals surface area contributed by atoms with Crippen LogP contribution < -0.4 is 5.32 Å². The predicted molar refractivity (Wildman–Crippen MR) is 76.4 cm³/mol. The summed E-state index contributed by atoms with van der Waals surface area (Å²) in [5, 5.41) is 4.98. The summed E-state index contributed by atoms with van der Waals surface area (Å²) >= 11 is 12.1. The minimum absolute atomic E-state index is 0.238. The molecule has 0 radical (unpaired) electrons. The smallest absolute Gasteiger partial charge is 0.0604 e. The van der Waals surface area contributed by atoms with Gasteiger partial charge in [0.05, 0.1) is 6.10 Å². The van der Waals surface area contributed by atoms with Gasteiger partial charge in [-0.1, -0.05) is 29.3 Å². The third-order valence-corrected chi connectivity index (χ3v) is 3.97. The molecule has 0 spiro atoms. The first-order valence-corrected chi connectivity index (χ1v) is 7.18. The van der Waals surface area contributed by atoms with E-state index in [9.17, 15) is 0 Å². The van der Waals surface area contributed by atoms with E-state index in [2.05, 4.69) is 12.2 Å². The van der Waals surface area contributed by atoms with Crippen molar-refractivity contribution >= 4 is 23.2 Å². The van der Waals surface area contributed by atoms with Crippen LogP contribution in [0.4, 0.5) is 0 Å². The number of nitrogens with one attached hydrogen (secondary N) is 1. The molecule has 1 N–H and O–H groups in total. The quantitative estimate of drug-likeness (QED) is 0.876. The minimum Gasteiger partial charge on any atom is -0.378 e. The summed E-state index contributed by atoms with van der Waals surface area (Å²) in [6, 6.07) is 6.43. The molecule has 2 rings (SSSR count). The van der Waals surface area contributed by atoms with Gasteiger partial charge in [-0.3, -0.25) is 0 Å². The number of benzene rings is 1. The Morgan fingerprint density at radius 1 is 1.39 bits per heavy atom. The van der Waals surface area contributed by atoms with Crippen molar-refractivity contribution in [2.45, 2.75) is 44.9 Å². The van der Waals surface area contributed by atoms with Gasteiger partial charge in [-0.15, -0.1) is 0 Å². The van der Waals surface area contributed by atoms with Crippen molar-refractivity contribution in [3.8, 4) is 0 Å². The molecule has 1 fully saturated rings. The van der Waals surface area contributed by atoms with Gasteiger partial charge in [0.15, 0.2) is 0 Å². The second kappa shape index (κ2) is 6.25. The lowest BCUT2D eigenvalue weighted by molar-refractivity contribution is -0.0120. The average Bonchev–Trinajstić information content (AvgIpc) is 2.26. The average molecular weight is 288 g/mol. The van der Waals surface area contributed by atoms with E-state index in [0.29, 0.717) is 17.2 Å². The largest absolute Gasteiger partial charge is 0.378 e. The number of hydrogen-bond donors (Lipinski definition) is 1. The molecule has 1 aromatic carbocycles. The molecule has 0 aliphatic heterocycles. The molecule has 0 amide bonds. The molecule has 0 bridgehead atoms. The summed E-state index contributed by atoms with van der Waals surface area (Å²) in [7, 11) is 0. The fraction of sp³-hybridized carbons (Fsp3) is 0.571. The molecule has 18 heavy (non-hydrogen) atoms. The van der Waals surface area contributed by atoms with E-state index >= 15 is 0 Å². The Balaban J connectivity index is 1.87. The highest BCUT2D eigenvalue weighted by atomic mass is 35.5. The molecule has 1 unspecified atom stereocenters. The maximum atomic E-state index is 6.20. The normalized spacial score (nSPS) is 24.7.